The Labute approximate surface area is 148 Å². The van der Waals surface area contributed by atoms with Crippen molar-refractivity contribution in [3.05, 3.63) is 24.3 Å². The SMILES string of the molecule is CCOc1ccc(NC(=O)C(C)N2CCC(C(=O)O)CC2)cc1.Cl. The molecule has 0 bridgehead atoms. The lowest BCUT2D eigenvalue weighted by Crippen LogP contribution is -2.46. The molecule has 0 aromatic heterocycles. The number of halogens is 1. The summed E-state index contributed by atoms with van der Waals surface area (Å²) in [6.07, 6.45) is 1.19. The molecular formula is C17H25ClN2O4. The number of nitrogens with zero attached hydrogens (tertiary/aromatic N) is 1. The van der Waals surface area contributed by atoms with E-state index in [4.69, 9.17) is 9.84 Å². The lowest BCUT2D eigenvalue weighted by atomic mass is 9.96. The topological polar surface area (TPSA) is 78.9 Å². The lowest BCUT2D eigenvalue weighted by Gasteiger charge is -2.33. The van der Waals surface area contributed by atoms with Gasteiger partial charge in [-0.2, -0.15) is 0 Å². The quantitative estimate of drug-likeness (QED) is 0.819. The Balaban J connectivity index is 0.00000288. The summed E-state index contributed by atoms with van der Waals surface area (Å²) in [6, 6.07) is 6.99. The van der Waals surface area contributed by atoms with E-state index in [0.29, 0.717) is 32.5 Å². The number of hydrogen-bond donors (Lipinski definition) is 2. The average Bonchev–Trinajstić information content (AvgIpc) is 2.56. The number of likely N-dealkylation sites (tertiary alicyclic amines) is 1. The number of amides is 1. The highest BCUT2D eigenvalue weighted by Gasteiger charge is 2.29. The molecule has 0 radical (unpaired) electrons. The van der Waals surface area contributed by atoms with Crippen LogP contribution in [0.1, 0.15) is 26.7 Å². The number of nitrogens with one attached hydrogen (secondary N) is 1. The number of carbonyl (C=O) groups excluding carboxylic acids is 1. The molecule has 24 heavy (non-hydrogen) atoms. The van der Waals surface area contributed by atoms with Crippen molar-refractivity contribution in [1.82, 2.24) is 4.90 Å². The lowest BCUT2D eigenvalue weighted by molar-refractivity contribution is -0.143. The second kappa shape index (κ2) is 9.49. The molecule has 1 saturated heterocycles. The Morgan fingerprint density at radius 1 is 1.29 bits per heavy atom. The number of carbonyl (C=O) groups is 2. The third-order valence-corrected chi connectivity index (χ3v) is 4.24. The van der Waals surface area contributed by atoms with Gasteiger partial charge in [-0.05, 0) is 64.0 Å². The summed E-state index contributed by atoms with van der Waals surface area (Å²) in [5.74, 6) is -0.332. The van der Waals surface area contributed by atoms with Gasteiger partial charge in [0.25, 0.3) is 0 Å². The van der Waals surface area contributed by atoms with E-state index in [-0.39, 0.29) is 30.3 Å². The number of aliphatic carboxylic acids is 1. The van der Waals surface area contributed by atoms with Crippen molar-refractivity contribution < 1.29 is 19.4 Å². The van der Waals surface area contributed by atoms with Crippen LogP contribution in [0.5, 0.6) is 5.75 Å². The summed E-state index contributed by atoms with van der Waals surface area (Å²) < 4.78 is 5.37. The van der Waals surface area contributed by atoms with Crippen LogP contribution in [0.25, 0.3) is 0 Å². The number of ether oxygens (including phenoxy) is 1. The predicted molar refractivity (Wildman–Crippen MR) is 94.9 cm³/mol. The van der Waals surface area contributed by atoms with Gasteiger partial charge in [-0.15, -0.1) is 12.4 Å². The maximum atomic E-state index is 12.3. The van der Waals surface area contributed by atoms with Gasteiger partial charge >= 0.3 is 5.97 Å². The molecule has 1 atom stereocenters. The molecule has 1 aromatic carbocycles. The minimum atomic E-state index is -0.740. The monoisotopic (exact) mass is 356 g/mol. The Kier molecular flexibility index (Phi) is 8.01. The number of carboxylic acid groups (broad SMARTS) is 1. The third-order valence-electron chi connectivity index (χ3n) is 4.24. The zero-order valence-electron chi connectivity index (χ0n) is 14.0. The first-order valence-electron chi connectivity index (χ1n) is 8.01. The molecule has 2 N–H and O–H groups in total. The minimum Gasteiger partial charge on any atom is -0.494 e. The molecule has 1 amide bonds. The number of piperidine rings is 1. The van der Waals surface area contributed by atoms with E-state index in [0.717, 1.165) is 11.4 Å². The second-order valence-corrected chi connectivity index (χ2v) is 5.77. The van der Waals surface area contributed by atoms with Crippen molar-refractivity contribution in [2.24, 2.45) is 5.92 Å². The molecule has 1 unspecified atom stereocenters. The van der Waals surface area contributed by atoms with Gasteiger partial charge in [-0.1, -0.05) is 0 Å². The van der Waals surface area contributed by atoms with Gasteiger partial charge in [-0.25, -0.2) is 0 Å². The standard InChI is InChI=1S/C17H24N2O4.ClH/c1-3-23-15-6-4-14(5-7-15)18-16(20)12(2)19-10-8-13(9-11-19)17(21)22;/h4-7,12-13H,3,8-11H2,1-2H3,(H,18,20)(H,21,22);1H. The van der Waals surface area contributed by atoms with Crippen molar-refractivity contribution in [1.29, 1.82) is 0 Å². The van der Waals surface area contributed by atoms with E-state index < -0.39 is 5.97 Å². The largest absolute Gasteiger partial charge is 0.494 e. The molecule has 0 saturated carbocycles. The van der Waals surface area contributed by atoms with Crippen molar-refractivity contribution in [2.45, 2.75) is 32.7 Å². The molecule has 1 aliphatic heterocycles. The fourth-order valence-electron chi connectivity index (χ4n) is 2.75. The van der Waals surface area contributed by atoms with E-state index in [9.17, 15) is 9.59 Å². The molecule has 134 valence electrons. The van der Waals surface area contributed by atoms with E-state index >= 15 is 0 Å². The molecule has 1 aromatic rings. The van der Waals surface area contributed by atoms with Crippen LogP contribution in [0.3, 0.4) is 0 Å². The first-order valence-corrected chi connectivity index (χ1v) is 8.01. The number of anilines is 1. The number of hydrogen-bond acceptors (Lipinski definition) is 4. The zero-order valence-corrected chi connectivity index (χ0v) is 14.8. The molecule has 1 heterocycles. The number of carboxylic acids is 1. The molecule has 1 aliphatic rings. The Morgan fingerprint density at radius 2 is 1.88 bits per heavy atom. The third kappa shape index (κ3) is 5.39. The molecule has 0 spiro atoms. The number of rotatable bonds is 6. The fourth-order valence-corrected chi connectivity index (χ4v) is 2.75. The van der Waals surface area contributed by atoms with Gasteiger partial charge in [0.1, 0.15) is 5.75 Å². The fraction of sp³-hybridized carbons (Fsp3) is 0.529. The zero-order chi connectivity index (χ0) is 16.8. The van der Waals surface area contributed by atoms with Crippen LogP contribution in [-0.4, -0.2) is 47.6 Å². The van der Waals surface area contributed by atoms with Crippen LogP contribution in [-0.2, 0) is 9.59 Å². The molecule has 6 nitrogen and oxygen atoms in total. The van der Waals surface area contributed by atoms with E-state index in [1.807, 2.05) is 43.0 Å². The molecule has 1 fully saturated rings. The minimum absolute atomic E-state index is 0. The Hall–Kier alpha value is -1.79. The molecule has 2 rings (SSSR count). The van der Waals surface area contributed by atoms with Crippen molar-refractivity contribution in [3.8, 4) is 5.75 Å². The molecular weight excluding hydrogens is 332 g/mol. The van der Waals surface area contributed by atoms with Crippen LogP contribution in [0, 0.1) is 5.92 Å². The van der Waals surface area contributed by atoms with Crippen LogP contribution in [0.2, 0.25) is 0 Å². The van der Waals surface area contributed by atoms with Gasteiger partial charge in [0.05, 0.1) is 18.6 Å². The average molecular weight is 357 g/mol. The van der Waals surface area contributed by atoms with E-state index in [1.165, 1.54) is 0 Å². The predicted octanol–water partition coefficient (Wildman–Crippen LogP) is 2.63. The van der Waals surface area contributed by atoms with Gasteiger partial charge < -0.3 is 15.2 Å². The smallest absolute Gasteiger partial charge is 0.306 e. The van der Waals surface area contributed by atoms with Crippen LogP contribution in [0.4, 0.5) is 5.69 Å². The normalized spacial score (nSPS) is 16.8. The van der Waals surface area contributed by atoms with Crippen molar-refractivity contribution in [3.63, 3.8) is 0 Å². The maximum absolute atomic E-state index is 12.3. The summed E-state index contributed by atoms with van der Waals surface area (Å²) in [4.78, 5) is 25.3. The summed E-state index contributed by atoms with van der Waals surface area (Å²) in [5.41, 5.74) is 0.728. The highest BCUT2D eigenvalue weighted by molar-refractivity contribution is 5.94. The van der Waals surface area contributed by atoms with Gasteiger partial charge in [0, 0.05) is 5.69 Å². The van der Waals surface area contributed by atoms with E-state index in [2.05, 4.69) is 5.32 Å². The van der Waals surface area contributed by atoms with Crippen molar-refractivity contribution in [2.75, 3.05) is 25.0 Å². The molecule has 7 heteroatoms. The maximum Gasteiger partial charge on any atom is 0.306 e. The summed E-state index contributed by atoms with van der Waals surface area (Å²) in [6.45, 7) is 5.65. The van der Waals surface area contributed by atoms with Gasteiger partial charge in [0.2, 0.25) is 5.91 Å². The highest BCUT2D eigenvalue weighted by atomic mass is 35.5. The highest BCUT2D eigenvalue weighted by Crippen LogP contribution is 2.20. The summed E-state index contributed by atoms with van der Waals surface area (Å²) >= 11 is 0. The summed E-state index contributed by atoms with van der Waals surface area (Å²) in [5, 5.41) is 11.9. The Bertz CT molecular complexity index is 542. The molecule has 0 aliphatic carbocycles. The first-order chi connectivity index (χ1) is 11.0. The van der Waals surface area contributed by atoms with Crippen LogP contribution in [0.15, 0.2) is 24.3 Å². The second-order valence-electron chi connectivity index (χ2n) is 5.77. The van der Waals surface area contributed by atoms with Crippen LogP contribution < -0.4 is 10.1 Å². The first kappa shape index (κ1) is 20.3. The van der Waals surface area contributed by atoms with E-state index in [1.54, 1.807) is 0 Å². The van der Waals surface area contributed by atoms with Crippen LogP contribution >= 0.6 is 12.4 Å². The Morgan fingerprint density at radius 3 is 2.38 bits per heavy atom. The number of benzene rings is 1. The van der Waals surface area contributed by atoms with Crippen molar-refractivity contribution >= 4 is 30.0 Å². The van der Waals surface area contributed by atoms with Gasteiger partial charge in [0.15, 0.2) is 0 Å². The summed E-state index contributed by atoms with van der Waals surface area (Å²) in [7, 11) is 0. The van der Waals surface area contributed by atoms with Gasteiger partial charge in [-0.3, -0.25) is 14.5 Å².